The van der Waals surface area contributed by atoms with Gasteiger partial charge in [-0.25, -0.2) is 0 Å². The molecule has 2 rings (SSSR count). The van der Waals surface area contributed by atoms with E-state index in [1.165, 1.54) is 0 Å². The number of esters is 1. The molecular formula is C19H21NO3. The van der Waals surface area contributed by atoms with Crippen LogP contribution in [0.4, 0.5) is 0 Å². The van der Waals surface area contributed by atoms with Crippen molar-refractivity contribution in [1.29, 1.82) is 0 Å². The van der Waals surface area contributed by atoms with E-state index in [0.29, 0.717) is 11.3 Å². The minimum absolute atomic E-state index is 0.130. The molecule has 0 radical (unpaired) electrons. The van der Waals surface area contributed by atoms with Crippen LogP contribution in [0.15, 0.2) is 42.5 Å². The summed E-state index contributed by atoms with van der Waals surface area (Å²) in [7, 11) is 0. The molecule has 23 heavy (non-hydrogen) atoms. The molecule has 4 heteroatoms. The second-order valence-electron chi connectivity index (χ2n) is 5.50. The van der Waals surface area contributed by atoms with Gasteiger partial charge in [0, 0.05) is 12.1 Å². The number of carbonyl (C=O) groups excluding carboxylic acids is 2. The summed E-state index contributed by atoms with van der Waals surface area (Å²) in [5, 5.41) is 2.72. The van der Waals surface area contributed by atoms with Crippen molar-refractivity contribution in [3.63, 3.8) is 0 Å². The second-order valence-corrected chi connectivity index (χ2v) is 5.50. The van der Waals surface area contributed by atoms with E-state index in [4.69, 9.17) is 4.74 Å². The van der Waals surface area contributed by atoms with Crippen LogP contribution in [-0.2, 0) is 4.79 Å². The number of nitrogens with one attached hydrogen (secondary N) is 1. The highest BCUT2D eigenvalue weighted by Gasteiger charge is 2.12. The van der Waals surface area contributed by atoms with Crippen LogP contribution >= 0.6 is 0 Å². The summed E-state index contributed by atoms with van der Waals surface area (Å²) in [4.78, 5) is 23.8. The van der Waals surface area contributed by atoms with Crippen molar-refractivity contribution in [2.45, 2.75) is 27.2 Å². The Morgan fingerprint density at radius 1 is 0.957 bits per heavy atom. The largest absolute Gasteiger partial charge is 0.426 e. The molecule has 0 spiro atoms. The van der Waals surface area contributed by atoms with Crippen LogP contribution in [0.25, 0.3) is 0 Å². The first-order valence-electron chi connectivity index (χ1n) is 7.59. The lowest BCUT2D eigenvalue weighted by Crippen LogP contribution is -2.27. The van der Waals surface area contributed by atoms with Gasteiger partial charge in [0.2, 0.25) is 0 Å². The standard InChI is InChI=1S/C19H21NO3/c1-13-9-10-14(2)18(15(13)3)23-17(21)11-12-20-19(22)16-7-5-4-6-8-16/h4-10H,11-12H2,1-3H3,(H,20,22). The molecule has 1 N–H and O–H groups in total. The van der Waals surface area contributed by atoms with E-state index < -0.39 is 0 Å². The maximum absolute atomic E-state index is 12.0. The SMILES string of the molecule is Cc1ccc(C)c(OC(=O)CCNC(=O)c2ccccc2)c1C. The number of aryl methyl sites for hydroxylation is 2. The van der Waals surface area contributed by atoms with Crippen LogP contribution in [0.3, 0.4) is 0 Å². The van der Waals surface area contributed by atoms with E-state index in [1.807, 2.05) is 39.0 Å². The Morgan fingerprint density at radius 2 is 1.61 bits per heavy atom. The summed E-state index contributed by atoms with van der Waals surface area (Å²) < 4.78 is 5.45. The number of ether oxygens (including phenoxy) is 1. The monoisotopic (exact) mass is 311 g/mol. The Labute approximate surface area is 136 Å². The van der Waals surface area contributed by atoms with Gasteiger partial charge in [-0.05, 0) is 49.6 Å². The highest BCUT2D eigenvalue weighted by molar-refractivity contribution is 5.94. The molecule has 0 aromatic heterocycles. The molecule has 1 amide bonds. The topological polar surface area (TPSA) is 55.4 Å². The number of carbonyl (C=O) groups is 2. The molecule has 0 bridgehead atoms. The summed E-state index contributed by atoms with van der Waals surface area (Å²) in [5.41, 5.74) is 3.54. The fourth-order valence-electron chi connectivity index (χ4n) is 2.22. The molecule has 4 nitrogen and oxygen atoms in total. The summed E-state index contributed by atoms with van der Waals surface area (Å²) in [6, 6.07) is 12.8. The van der Waals surface area contributed by atoms with Gasteiger partial charge in [-0.1, -0.05) is 30.3 Å². The lowest BCUT2D eigenvalue weighted by Gasteiger charge is -2.12. The van der Waals surface area contributed by atoms with Gasteiger partial charge in [0.15, 0.2) is 0 Å². The summed E-state index contributed by atoms with van der Waals surface area (Å²) in [6.45, 7) is 6.07. The number of benzene rings is 2. The molecule has 2 aromatic carbocycles. The molecule has 0 fully saturated rings. The van der Waals surface area contributed by atoms with Crippen LogP contribution in [0, 0.1) is 20.8 Å². The number of hydrogen-bond acceptors (Lipinski definition) is 3. The first-order valence-corrected chi connectivity index (χ1v) is 7.59. The van der Waals surface area contributed by atoms with E-state index >= 15 is 0 Å². The fraction of sp³-hybridized carbons (Fsp3) is 0.263. The molecule has 0 saturated carbocycles. The summed E-state index contributed by atoms with van der Waals surface area (Å²) in [6.07, 6.45) is 0.130. The predicted octanol–water partition coefficient (Wildman–Crippen LogP) is 3.34. The Hall–Kier alpha value is -2.62. The average Bonchev–Trinajstić information content (AvgIpc) is 2.56. The van der Waals surface area contributed by atoms with E-state index in [9.17, 15) is 9.59 Å². The number of hydrogen-bond donors (Lipinski definition) is 1. The van der Waals surface area contributed by atoms with E-state index in [2.05, 4.69) is 5.32 Å². The Kier molecular flexibility index (Phi) is 5.52. The van der Waals surface area contributed by atoms with Crippen molar-refractivity contribution < 1.29 is 14.3 Å². The third-order valence-electron chi connectivity index (χ3n) is 3.74. The van der Waals surface area contributed by atoms with Gasteiger partial charge < -0.3 is 10.1 Å². The summed E-state index contributed by atoms with van der Waals surface area (Å²) >= 11 is 0. The predicted molar refractivity (Wildman–Crippen MR) is 89.7 cm³/mol. The fourth-order valence-corrected chi connectivity index (χ4v) is 2.22. The first kappa shape index (κ1) is 16.7. The van der Waals surface area contributed by atoms with Crippen LogP contribution in [-0.4, -0.2) is 18.4 Å². The highest BCUT2D eigenvalue weighted by atomic mass is 16.5. The van der Waals surface area contributed by atoms with E-state index in [0.717, 1.165) is 16.7 Å². The van der Waals surface area contributed by atoms with Crippen molar-refractivity contribution in [3.8, 4) is 5.75 Å². The van der Waals surface area contributed by atoms with Crippen LogP contribution in [0.5, 0.6) is 5.75 Å². The van der Waals surface area contributed by atoms with Gasteiger partial charge in [0.05, 0.1) is 6.42 Å². The molecule has 0 unspecified atom stereocenters. The average molecular weight is 311 g/mol. The maximum Gasteiger partial charge on any atom is 0.312 e. The van der Waals surface area contributed by atoms with Crippen molar-refractivity contribution >= 4 is 11.9 Å². The van der Waals surface area contributed by atoms with Crippen molar-refractivity contribution in [2.75, 3.05) is 6.54 Å². The zero-order valence-electron chi connectivity index (χ0n) is 13.7. The van der Waals surface area contributed by atoms with E-state index in [-0.39, 0.29) is 24.8 Å². The normalized spacial score (nSPS) is 10.2. The smallest absolute Gasteiger partial charge is 0.312 e. The molecule has 0 aliphatic heterocycles. The molecule has 0 atom stereocenters. The third-order valence-corrected chi connectivity index (χ3v) is 3.74. The summed E-state index contributed by atoms with van der Waals surface area (Å²) in [5.74, 6) is 0.0702. The Balaban J connectivity index is 1.87. The number of amides is 1. The highest BCUT2D eigenvalue weighted by Crippen LogP contribution is 2.25. The van der Waals surface area contributed by atoms with Crippen molar-refractivity contribution in [2.24, 2.45) is 0 Å². The van der Waals surface area contributed by atoms with Crippen LogP contribution in [0.2, 0.25) is 0 Å². The molecular weight excluding hydrogens is 290 g/mol. The third kappa shape index (κ3) is 4.42. The van der Waals surface area contributed by atoms with Crippen molar-refractivity contribution in [3.05, 3.63) is 64.7 Å². The maximum atomic E-state index is 12.0. The Morgan fingerprint density at radius 3 is 2.30 bits per heavy atom. The lowest BCUT2D eigenvalue weighted by atomic mass is 10.1. The van der Waals surface area contributed by atoms with E-state index in [1.54, 1.807) is 24.3 Å². The quantitative estimate of drug-likeness (QED) is 0.680. The molecule has 0 aliphatic rings. The van der Waals surface area contributed by atoms with Gasteiger partial charge >= 0.3 is 5.97 Å². The van der Waals surface area contributed by atoms with Gasteiger partial charge in [0.1, 0.15) is 5.75 Å². The molecule has 120 valence electrons. The molecule has 0 aliphatic carbocycles. The van der Waals surface area contributed by atoms with Gasteiger partial charge in [-0.3, -0.25) is 9.59 Å². The zero-order chi connectivity index (χ0) is 16.8. The van der Waals surface area contributed by atoms with Crippen LogP contribution < -0.4 is 10.1 Å². The van der Waals surface area contributed by atoms with Gasteiger partial charge in [0.25, 0.3) is 5.91 Å². The van der Waals surface area contributed by atoms with Crippen LogP contribution in [0.1, 0.15) is 33.5 Å². The molecule has 0 saturated heterocycles. The first-order chi connectivity index (χ1) is 11.0. The van der Waals surface area contributed by atoms with Crippen molar-refractivity contribution in [1.82, 2.24) is 5.32 Å². The Bertz CT molecular complexity index is 708. The second kappa shape index (κ2) is 7.58. The number of rotatable bonds is 5. The molecule has 0 heterocycles. The van der Waals surface area contributed by atoms with Gasteiger partial charge in [-0.2, -0.15) is 0 Å². The van der Waals surface area contributed by atoms with Gasteiger partial charge in [-0.15, -0.1) is 0 Å². The molecule has 2 aromatic rings. The minimum Gasteiger partial charge on any atom is -0.426 e. The lowest BCUT2D eigenvalue weighted by molar-refractivity contribution is -0.134. The minimum atomic E-state index is -0.352. The zero-order valence-corrected chi connectivity index (χ0v) is 13.7.